The largest absolute Gasteiger partial charge is 0.422 e. The van der Waals surface area contributed by atoms with Crippen LogP contribution in [0.1, 0.15) is 17.0 Å². The summed E-state index contributed by atoms with van der Waals surface area (Å²) in [5.74, 6) is -0.722. The number of carbonyl (C=O) groups is 1. The van der Waals surface area contributed by atoms with Crippen molar-refractivity contribution in [2.45, 2.75) is 18.3 Å². The Balaban J connectivity index is 1.38. The summed E-state index contributed by atoms with van der Waals surface area (Å²) in [4.78, 5) is 19.7. The molecular weight excluding hydrogens is 507 g/mol. The van der Waals surface area contributed by atoms with E-state index in [-0.39, 0.29) is 30.0 Å². The smallest absolute Gasteiger partial charge is 0.376 e. The number of alkyl halides is 3. The van der Waals surface area contributed by atoms with Crippen molar-refractivity contribution >= 4 is 6.29 Å². The van der Waals surface area contributed by atoms with Gasteiger partial charge in [0.25, 0.3) is 5.89 Å². The van der Waals surface area contributed by atoms with Crippen molar-refractivity contribution in [2.75, 3.05) is 6.54 Å². The molecule has 0 aliphatic heterocycles. The average Bonchev–Trinajstić information content (AvgIpc) is 3.70. The van der Waals surface area contributed by atoms with E-state index in [9.17, 15) is 23.1 Å². The van der Waals surface area contributed by atoms with Gasteiger partial charge in [-0.2, -0.15) is 23.3 Å². The second-order valence-corrected chi connectivity index (χ2v) is 8.18. The molecule has 5 rings (SSSR count). The second-order valence-electron chi connectivity index (χ2n) is 8.18. The number of halogens is 3. The maximum atomic E-state index is 13.9. The van der Waals surface area contributed by atoms with Crippen LogP contribution in [0.5, 0.6) is 0 Å². The lowest BCUT2D eigenvalue weighted by atomic mass is 9.94. The third kappa shape index (κ3) is 4.94. The predicted octanol–water partition coefficient (Wildman–Crippen LogP) is 3.37. The molecule has 38 heavy (non-hydrogen) atoms. The highest BCUT2D eigenvalue weighted by Gasteiger charge is 2.43. The molecular formula is C24H18F3N7O4. The van der Waals surface area contributed by atoms with Crippen LogP contribution in [0, 0.1) is 0 Å². The molecule has 0 saturated carbocycles. The molecule has 0 aliphatic rings. The Labute approximate surface area is 211 Å². The van der Waals surface area contributed by atoms with Crippen molar-refractivity contribution < 1.29 is 32.1 Å². The first-order chi connectivity index (χ1) is 18.3. The summed E-state index contributed by atoms with van der Waals surface area (Å²) in [6, 6.07) is 13.7. The highest BCUT2D eigenvalue weighted by atomic mass is 19.4. The van der Waals surface area contributed by atoms with E-state index in [2.05, 4.69) is 35.8 Å². The summed E-state index contributed by atoms with van der Waals surface area (Å²) in [6.07, 6.45) is -3.08. The van der Waals surface area contributed by atoms with Crippen molar-refractivity contribution in [3.05, 3.63) is 77.9 Å². The Kier molecular flexibility index (Phi) is 6.57. The Bertz CT molecular complexity index is 1520. The first kappa shape index (κ1) is 25.0. The molecule has 0 bridgehead atoms. The number of nitrogens with one attached hydrogen (secondary N) is 2. The number of rotatable bonds is 9. The van der Waals surface area contributed by atoms with Crippen LogP contribution in [-0.4, -0.2) is 48.4 Å². The molecule has 0 spiro atoms. The minimum absolute atomic E-state index is 0.0320. The van der Waals surface area contributed by atoms with E-state index in [1.165, 1.54) is 42.7 Å². The fraction of sp³-hybridized carbons (Fsp3) is 0.167. The first-order valence-corrected chi connectivity index (χ1v) is 11.1. The summed E-state index contributed by atoms with van der Waals surface area (Å²) in [6.45, 7) is 0.131. The molecule has 5 aromatic rings. The molecule has 0 radical (unpaired) electrons. The fourth-order valence-electron chi connectivity index (χ4n) is 3.73. The molecule has 3 N–H and O–H groups in total. The van der Waals surface area contributed by atoms with Crippen molar-refractivity contribution in [2.24, 2.45) is 0 Å². The number of aromatic nitrogens is 6. The highest BCUT2D eigenvalue weighted by molar-refractivity contribution is 5.71. The molecule has 3 heterocycles. The Morgan fingerprint density at radius 3 is 2.42 bits per heavy atom. The molecule has 194 valence electrons. The number of nitrogens with zero attached hydrogens (tertiary/aromatic N) is 5. The van der Waals surface area contributed by atoms with Gasteiger partial charge >= 0.3 is 6.18 Å². The Hall–Kier alpha value is -4.69. The number of aliphatic hydroxyl groups is 1. The number of aromatic amines is 1. The standard InChI is InChI=1S/C24H18F3N7O4/c25-24(26,27)18-19(14-4-2-1-3-5-14)33-37-20(18)22-31-21(34-38-22)15-6-8-16(9-7-15)23(36,12-35)11-28-10-17-29-13-30-32-17/h1-9,12-13,28,36H,10-11H2,(H,29,30,32). The first-order valence-electron chi connectivity index (χ1n) is 11.1. The van der Waals surface area contributed by atoms with Crippen LogP contribution in [0.3, 0.4) is 0 Å². The van der Waals surface area contributed by atoms with Gasteiger partial charge in [-0.3, -0.25) is 9.89 Å². The van der Waals surface area contributed by atoms with Crippen LogP contribution in [0.15, 0.2) is 70.0 Å². The number of carbonyl (C=O) groups excluding carboxylic acids is 1. The highest BCUT2D eigenvalue weighted by Crippen LogP contribution is 2.43. The van der Waals surface area contributed by atoms with Crippen LogP contribution < -0.4 is 5.32 Å². The van der Waals surface area contributed by atoms with E-state index in [4.69, 9.17) is 9.05 Å². The number of hydrogen-bond donors (Lipinski definition) is 3. The summed E-state index contributed by atoms with van der Waals surface area (Å²) >= 11 is 0. The van der Waals surface area contributed by atoms with Crippen LogP contribution in [0.2, 0.25) is 0 Å². The second kappa shape index (κ2) is 9.99. The maximum absolute atomic E-state index is 13.9. The summed E-state index contributed by atoms with van der Waals surface area (Å²) in [7, 11) is 0. The number of aldehydes is 1. The molecule has 14 heteroatoms. The molecule has 0 saturated heterocycles. The molecule has 3 aromatic heterocycles. The lowest BCUT2D eigenvalue weighted by Crippen LogP contribution is -2.39. The summed E-state index contributed by atoms with van der Waals surface area (Å²) in [5.41, 5.74) is -2.54. The van der Waals surface area contributed by atoms with E-state index < -0.39 is 34.7 Å². The Morgan fingerprint density at radius 1 is 1.00 bits per heavy atom. The summed E-state index contributed by atoms with van der Waals surface area (Å²) in [5, 5.41) is 27.4. The molecule has 11 nitrogen and oxygen atoms in total. The molecule has 0 amide bonds. The van der Waals surface area contributed by atoms with E-state index in [1.807, 2.05) is 0 Å². The van der Waals surface area contributed by atoms with Gasteiger partial charge in [-0.25, -0.2) is 4.98 Å². The lowest BCUT2D eigenvalue weighted by Gasteiger charge is -2.22. The van der Waals surface area contributed by atoms with Crippen LogP contribution in [0.25, 0.3) is 34.3 Å². The van der Waals surface area contributed by atoms with Crippen LogP contribution >= 0.6 is 0 Å². The van der Waals surface area contributed by atoms with E-state index in [0.717, 1.165) is 0 Å². The van der Waals surface area contributed by atoms with Gasteiger partial charge in [0.15, 0.2) is 11.9 Å². The predicted molar refractivity (Wildman–Crippen MR) is 124 cm³/mol. The topological polar surface area (TPSA) is 156 Å². The van der Waals surface area contributed by atoms with Crippen molar-refractivity contribution in [3.8, 4) is 34.3 Å². The SMILES string of the molecule is O=CC(O)(CNCc1ncn[nH]1)c1ccc(-c2noc(-c3onc(-c4ccccc4)c3C(F)(F)F)n2)cc1. The lowest BCUT2D eigenvalue weighted by molar-refractivity contribution is -0.137. The van der Waals surface area contributed by atoms with Gasteiger partial charge in [-0.05, 0) is 5.56 Å². The summed E-state index contributed by atoms with van der Waals surface area (Å²) < 4.78 is 51.9. The molecule has 0 aliphatic carbocycles. The van der Waals surface area contributed by atoms with Gasteiger partial charge in [-0.15, -0.1) is 0 Å². The van der Waals surface area contributed by atoms with E-state index in [0.29, 0.717) is 17.7 Å². The normalized spacial score (nSPS) is 13.4. The zero-order valence-corrected chi connectivity index (χ0v) is 19.3. The van der Waals surface area contributed by atoms with E-state index >= 15 is 0 Å². The van der Waals surface area contributed by atoms with Crippen LogP contribution in [-0.2, 0) is 23.1 Å². The molecule has 1 unspecified atom stereocenters. The average molecular weight is 525 g/mol. The van der Waals surface area contributed by atoms with Gasteiger partial charge in [0.1, 0.15) is 23.4 Å². The molecule has 1 atom stereocenters. The number of H-pyrrole nitrogens is 1. The minimum Gasteiger partial charge on any atom is -0.376 e. The maximum Gasteiger partial charge on any atom is 0.422 e. The number of hydrogen-bond acceptors (Lipinski definition) is 10. The minimum atomic E-state index is -4.81. The van der Waals surface area contributed by atoms with Crippen molar-refractivity contribution in [1.82, 2.24) is 35.8 Å². The quantitative estimate of drug-likeness (QED) is 0.244. The monoisotopic (exact) mass is 525 g/mol. The van der Waals surface area contributed by atoms with Gasteiger partial charge in [-0.1, -0.05) is 64.9 Å². The van der Waals surface area contributed by atoms with Gasteiger partial charge in [0.05, 0.1) is 6.54 Å². The van der Waals surface area contributed by atoms with Gasteiger partial charge < -0.3 is 19.5 Å². The number of benzene rings is 2. The third-order valence-electron chi connectivity index (χ3n) is 5.63. The van der Waals surface area contributed by atoms with Gasteiger partial charge in [0.2, 0.25) is 11.6 Å². The molecule has 0 fully saturated rings. The zero-order chi connectivity index (χ0) is 26.8. The van der Waals surface area contributed by atoms with Gasteiger partial charge in [0, 0.05) is 17.7 Å². The van der Waals surface area contributed by atoms with Crippen LogP contribution in [0.4, 0.5) is 13.2 Å². The zero-order valence-electron chi connectivity index (χ0n) is 19.3. The van der Waals surface area contributed by atoms with E-state index in [1.54, 1.807) is 18.2 Å². The third-order valence-corrected chi connectivity index (χ3v) is 5.63. The van der Waals surface area contributed by atoms with Crippen molar-refractivity contribution in [3.63, 3.8) is 0 Å². The fourth-order valence-corrected chi connectivity index (χ4v) is 3.73. The van der Waals surface area contributed by atoms with Crippen molar-refractivity contribution in [1.29, 1.82) is 0 Å². The molecule has 2 aromatic carbocycles. The Morgan fingerprint density at radius 2 is 1.76 bits per heavy atom.